The van der Waals surface area contributed by atoms with Crippen LogP contribution in [0.25, 0.3) is 0 Å². The van der Waals surface area contributed by atoms with E-state index in [1.54, 1.807) is 0 Å². The van der Waals surface area contributed by atoms with Crippen LogP contribution in [0, 0.1) is 20.2 Å². The molecule has 0 fully saturated rings. The molecule has 0 amide bonds. The molecule has 2 atom stereocenters. The zero-order valence-electron chi connectivity index (χ0n) is 11.9. The van der Waals surface area contributed by atoms with E-state index in [0.717, 1.165) is 0 Å². The van der Waals surface area contributed by atoms with E-state index < -0.39 is 41.9 Å². The van der Waals surface area contributed by atoms with Gasteiger partial charge in [-0.05, 0) is 0 Å². The van der Waals surface area contributed by atoms with Gasteiger partial charge in [0.1, 0.15) is 13.2 Å². The Morgan fingerprint density at radius 1 is 1.17 bits per heavy atom. The third-order valence-electron chi connectivity index (χ3n) is 1.86. The molecule has 14 nitrogen and oxygen atoms in total. The van der Waals surface area contributed by atoms with Gasteiger partial charge >= 0.3 is 6.16 Å². The van der Waals surface area contributed by atoms with E-state index in [-0.39, 0.29) is 19.7 Å². The van der Waals surface area contributed by atoms with Crippen LogP contribution in [0.3, 0.4) is 0 Å². The van der Waals surface area contributed by atoms with Gasteiger partial charge in [0.2, 0.25) is 6.29 Å². The molecule has 0 spiro atoms. The van der Waals surface area contributed by atoms with Gasteiger partial charge in [0.15, 0.2) is 6.10 Å². The van der Waals surface area contributed by atoms with Crippen molar-refractivity contribution in [3.05, 3.63) is 20.2 Å². The van der Waals surface area contributed by atoms with E-state index in [1.807, 2.05) is 0 Å². The van der Waals surface area contributed by atoms with Crippen molar-refractivity contribution in [3.8, 4) is 0 Å². The Hall–Kier alpha value is -2.90. The standard InChI is InChI=1S/C9H14N2O12/c1-7(20-6-12)22-9(13)19-3-2-18-4-8(23-11(16)17)5-21-10(14)15/h6-8H,2-5H2,1H3. The number of ether oxygens (including phenoxy) is 4. The average molecular weight is 342 g/mol. The molecule has 0 aromatic rings. The number of hydrogen-bond acceptors (Lipinski definition) is 12. The second-order valence-corrected chi connectivity index (χ2v) is 3.56. The van der Waals surface area contributed by atoms with Crippen molar-refractivity contribution >= 4 is 12.6 Å². The summed E-state index contributed by atoms with van der Waals surface area (Å²) in [7, 11) is 0. The number of nitrogens with zero attached hydrogens (tertiary/aromatic N) is 2. The monoisotopic (exact) mass is 342 g/mol. The minimum absolute atomic E-state index is 0.0868. The van der Waals surface area contributed by atoms with Crippen molar-refractivity contribution in [2.75, 3.05) is 26.4 Å². The first-order valence-corrected chi connectivity index (χ1v) is 5.93. The fourth-order valence-corrected chi connectivity index (χ4v) is 1.05. The number of rotatable bonds is 13. The van der Waals surface area contributed by atoms with Gasteiger partial charge in [0.05, 0.1) is 13.2 Å². The highest BCUT2D eigenvalue weighted by Crippen LogP contribution is 1.98. The van der Waals surface area contributed by atoms with Crippen molar-refractivity contribution in [1.29, 1.82) is 0 Å². The average Bonchev–Trinajstić information content (AvgIpc) is 2.43. The van der Waals surface area contributed by atoms with Gasteiger partial charge in [-0.25, -0.2) is 4.79 Å². The van der Waals surface area contributed by atoms with E-state index in [2.05, 4.69) is 23.9 Å². The highest BCUT2D eigenvalue weighted by molar-refractivity contribution is 5.60. The minimum atomic E-state index is -1.33. The maximum Gasteiger partial charge on any atom is 0.511 e. The summed E-state index contributed by atoms with van der Waals surface area (Å²) in [6.45, 7) is -0.248. The van der Waals surface area contributed by atoms with Gasteiger partial charge < -0.3 is 28.6 Å². The largest absolute Gasteiger partial charge is 0.511 e. The molecule has 0 aromatic heterocycles. The van der Waals surface area contributed by atoms with Crippen LogP contribution in [0.15, 0.2) is 0 Å². The zero-order valence-corrected chi connectivity index (χ0v) is 11.9. The smallest absolute Gasteiger partial charge is 0.432 e. The lowest BCUT2D eigenvalue weighted by atomic mass is 10.4. The minimum Gasteiger partial charge on any atom is -0.432 e. The molecule has 14 heteroatoms. The molecule has 0 aliphatic rings. The Morgan fingerprint density at radius 3 is 2.43 bits per heavy atom. The van der Waals surface area contributed by atoms with Gasteiger partial charge in [-0.3, -0.25) is 4.79 Å². The zero-order chi connectivity index (χ0) is 17.7. The van der Waals surface area contributed by atoms with Gasteiger partial charge in [-0.2, -0.15) is 0 Å². The number of carbonyl (C=O) groups is 2. The van der Waals surface area contributed by atoms with Crippen molar-refractivity contribution < 1.29 is 48.4 Å². The molecule has 0 bridgehead atoms. The van der Waals surface area contributed by atoms with Gasteiger partial charge in [-0.15, -0.1) is 20.2 Å². The highest BCUT2D eigenvalue weighted by Gasteiger charge is 2.16. The first-order valence-electron chi connectivity index (χ1n) is 5.93. The third-order valence-corrected chi connectivity index (χ3v) is 1.86. The molecule has 0 saturated carbocycles. The van der Waals surface area contributed by atoms with E-state index in [4.69, 9.17) is 4.74 Å². The maximum absolute atomic E-state index is 11.0. The summed E-state index contributed by atoms with van der Waals surface area (Å²) in [4.78, 5) is 49.2. The Labute approximate surface area is 128 Å². The molecule has 0 aliphatic carbocycles. The van der Waals surface area contributed by atoms with E-state index >= 15 is 0 Å². The Morgan fingerprint density at radius 2 is 1.87 bits per heavy atom. The number of carbonyl (C=O) groups excluding carboxylic acids is 2. The van der Waals surface area contributed by atoms with Crippen molar-refractivity contribution in [2.24, 2.45) is 0 Å². The maximum atomic E-state index is 11.0. The fourth-order valence-electron chi connectivity index (χ4n) is 1.05. The van der Waals surface area contributed by atoms with Crippen molar-refractivity contribution in [1.82, 2.24) is 0 Å². The lowest BCUT2D eigenvalue weighted by Crippen LogP contribution is -2.30. The van der Waals surface area contributed by atoms with Crippen LogP contribution < -0.4 is 0 Å². The first-order chi connectivity index (χ1) is 10.8. The van der Waals surface area contributed by atoms with Crippen molar-refractivity contribution in [2.45, 2.75) is 19.3 Å². The summed E-state index contributed by atoms with van der Waals surface area (Å²) >= 11 is 0. The molecule has 132 valence electrons. The summed E-state index contributed by atoms with van der Waals surface area (Å²) in [6, 6.07) is 0. The lowest BCUT2D eigenvalue weighted by molar-refractivity contribution is -0.790. The normalized spacial score (nSPS) is 12.4. The molecule has 0 rings (SSSR count). The summed E-state index contributed by atoms with van der Waals surface area (Å²) in [6.07, 6.45) is -3.58. The highest BCUT2D eigenvalue weighted by atomic mass is 17.0. The van der Waals surface area contributed by atoms with Crippen LogP contribution in [0.5, 0.6) is 0 Å². The second kappa shape index (κ2) is 11.7. The molecule has 0 aliphatic heterocycles. The van der Waals surface area contributed by atoms with E-state index in [0.29, 0.717) is 0 Å². The van der Waals surface area contributed by atoms with Gasteiger partial charge in [0, 0.05) is 6.92 Å². The number of hydrogen-bond donors (Lipinski definition) is 0. The Kier molecular flexibility index (Phi) is 10.2. The molecule has 23 heavy (non-hydrogen) atoms. The SMILES string of the molecule is CC(OC=O)OC(=O)OCCOCC(CO[N+](=O)[O-])O[N+](=O)[O-]. The van der Waals surface area contributed by atoms with Crippen LogP contribution >= 0.6 is 0 Å². The predicted molar refractivity (Wildman–Crippen MR) is 64.7 cm³/mol. The van der Waals surface area contributed by atoms with Gasteiger partial charge in [0.25, 0.3) is 16.6 Å². The summed E-state index contributed by atoms with van der Waals surface area (Å²) in [5.74, 6) is 0. The first kappa shape index (κ1) is 20.1. The molecule has 0 radical (unpaired) electrons. The van der Waals surface area contributed by atoms with Gasteiger partial charge in [-0.1, -0.05) is 0 Å². The van der Waals surface area contributed by atoms with E-state index in [9.17, 15) is 29.8 Å². The molecular weight excluding hydrogens is 328 g/mol. The summed E-state index contributed by atoms with van der Waals surface area (Å²) in [5.41, 5.74) is 0. The lowest BCUT2D eigenvalue weighted by Gasteiger charge is -2.14. The fraction of sp³-hybridized carbons (Fsp3) is 0.778. The van der Waals surface area contributed by atoms with Crippen LogP contribution in [0.1, 0.15) is 6.92 Å². The molecule has 0 saturated heterocycles. The predicted octanol–water partition coefficient (Wildman–Crippen LogP) is -0.540. The molecule has 0 N–H and O–H groups in total. The summed E-state index contributed by atoms with van der Waals surface area (Å²) < 4.78 is 18.1. The topological polar surface area (TPSA) is 176 Å². The van der Waals surface area contributed by atoms with Crippen molar-refractivity contribution in [3.63, 3.8) is 0 Å². The second-order valence-electron chi connectivity index (χ2n) is 3.56. The summed E-state index contributed by atoms with van der Waals surface area (Å²) in [5, 5.41) is 17.9. The Bertz CT molecular complexity index is 402. The van der Waals surface area contributed by atoms with E-state index in [1.165, 1.54) is 6.92 Å². The molecule has 2 unspecified atom stereocenters. The Balaban J connectivity index is 3.87. The molecule has 0 aromatic carbocycles. The van der Waals surface area contributed by atoms with Crippen LogP contribution in [-0.4, -0.2) is 61.6 Å². The molecule has 0 heterocycles. The molecular formula is C9H14N2O12. The quantitative estimate of drug-likeness (QED) is 0.104. The van der Waals surface area contributed by atoms with Crippen LogP contribution in [-0.2, 0) is 33.4 Å². The van der Waals surface area contributed by atoms with Crippen LogP contribution in [0.2, 0.25) is 0 Å². The van der Waals surface area contributed by atoms with Crippen LogP contribution in [0.4, 0.5) is 4.79 Å². The third kappa shape index (κ3) is 12.5.